The predicted molar refractivity (Wildman–Crippen MR) is 77.9 cm³/mol. The topological polar surface area (TPSA) is 129 Å². The number of rotatable bonds is 7. The second kappa shape index (κ2) is 6.98. The van der Waals surface area contributed by atoms with E-state index in [-0.39, 0.29) is 13.9 Å². The van der Waals surface area contributed by atoms with Crippen LogP contribution in [0.4, 0.5) is 0 Å². The van der Waals surface area contributed by atoms with Crippen molar-refractivity contribution in [1.29, 1.82) is 0 Å². The van der Waals surface area contributed by atoms with Gasteiger partial charge in [-0.05, 0) is 30.0 Å². The van der Waals surface area contributed by atoms with Crippen molar-refractivity contribution >= 4 is 35.9 Å². The van der Waals surface area contributed by atoms with Crippen LogP contribution in [0.15, 0.2) is 17.0 Å². The van der Waals surface area contributed by atoms with Crippen molar-refractivity contribution in [3.8, 4) is 0 Å². The lowest BCUT2D eigenvalue weighted by Crippen LogP contribution is -2.20. The third kappa shape index (κ3) is 4.49. The van der Waals surface area contributed by atoms with Gasteiger partial charge < -0.3 is 10.2 Å². The van der Waals surface area contributed by atoms with Gasteiger partial charge in [-0.3, -0.25) is 4.55 Å². The molecule has 0 amide bonds. The Bertz CT molecular complexity index is 666. The van der Waals surface area contributed by atoms with Gasteiger partial charge in [0.05, 0.1) is 16.0 Å². The minimum atomic E-state index is -4.61. The molecule has 3 N–H and O–H groups in total. The summed E-state index contributed by atoms with van der Waals surface area (Å²) < 4.78 is 31.4. The van der Waals surface area contributed by atoms with Crippen LogP contribution < -0.4 is 5.30 Å². The highest BCUT2D eigenvalue weighted by Crippen LogP contribution is 2.23. The number of aromatic carboxylic acids is 2. The number of benzene rings is 1. The van der Waals surface area contributed by atoms with E-state index in [4.69, 9.17) is 9.66 Å². The Morgan fingerprint density at radius 3 is 2.24 bits per heavy atom. The predicted octanol–water partition coefficient (Wildman–Crippen LogP) is 1.43. The number of carboxylic acid groups (broad SMARTS) is 2. The standard InChI is InChI=1S/C12H15O7PS/c1-2-3-4-20-9-6-7(21(17,18)19)5-8(11(13)14)10(9)12(15)16/h5-6,20H,2-4H2,1H3,(H,13,14)(H,15,16)(H,17,18,19). The molecule has 7 nitrogen and oxygen atoms in total. The van der Waals surface area contributed by atoms with Gasteiger partial charge >= 0.3 is 11.9 Å². The molecule has 116 valence electrons. The molecule has 0 aliphatic rings. The number of hydrogen-bond acceptors (Lipinski definition) is 4. The summed E-state index contributed by atoms with van der Waals surface area (Å²) in [4.78, 5) is 21.8. The molecule has 0 radical (unpaired) electrons. The number of hydrogen-bond donors (Lipinski definition) is 3. The fraction of sp³-hybridized carbons (Fsp3) is 0.333. The molecule has 9 heteroatoms. The van der Waals surface area contributed by atoms with Crippen LogP contribution in [0.5, 0.6) is 0 Å². The fourth-order valence-electron chi connectivity index (χ4n) is 1.70. The van der Waals surface area contributed by atoms with Crippen LogP contribution in [0, 0.1) is 0 Å². The Balaban J connectivity index is 3.52. The molecule has 1 aromatic carbocycles. The first kappa shape index (κ1) is 17.6. The summed E-state index contributed by atoms with van der Waals surface area (Å²) in [5.74, 6) is -2.99. The zero-order chi connectivity index (χ0) is 16.2. The normalized spacial score (nSPS) is 11.9. The van der Waals surface area contributed by atoms with E-state index in [1.807, 2.05) is 6.92 Å². The number of carbonyl (C=O) groups is 2. The molecular weight excluding hydrogens is 319 g/mol. The van der Waals surface area contributed by atoms with E-state index in [1.165, 1.54) is 0 Å². The maximum Gasteiger partial charge on any atom is 0.337 e. The third-order valence-corrected chi connectivity index (χ3v) is 4.91. The van der Waals surface area contributed by atoms with E-state index in [0.29, 0.717) is 12.2 Å². The van der Waals surface area contributed by atoms with Gasteiger partial charge in [0.1, 0.15) is 0 Å². The zero-order valence-corrected chi connectivity index (χ0v) is 13.0. The van der Waals surface area contributed by atoms with Crippen LogP contribution in [-0.2, 0) is 10.1 Å². The van der Waals surface area contributed by atoms with Gasteiger partial charge in [0.15, 0.2) is 0 Å². The molecule has 0 aliphatic heterocycles. The molecule has 0 heterocycles. The van der Waals surface area contributed by atoms with E-state index >= 15 is 0 Å². The van der Waals surface area contributed by atoms with E-state index in [0.717, 1.165) is 18.9 Å². The first-order chi connectivity index (χ1) is 9.68. The Morgan fingerprint density at radius 1 is 1.19 bits per heavy atom. The van der Waals surface area contributed by atoms with Gasteiger partial charge in [-0.1, -0.05) is 21.9 Å². The lowest BCUT2D eigenvalue weighted by Gasteiger charge is -2.11. The van der Waals surface area contributed by atoms with Crippen LogP contribution >= 0.6 is 8.58 Å². The second-order valence-electron chi connectivity index (χ2n) is 4.26. The smallest absolute Gasteiger partial charge is 0.337 e. The summed E-state index contributed by atoms with van der Waals surface area (Å²) in [7, 11) is -4.66. The van der Waals surface area contributed by atoms with Gasteiger partial charge in [0.2, 0.25) is 0 Å². The molecule has 0 fully saturated rings. The average Bonchev–Trinajstić information content (AvgIpc) is 2.36. The molecule has 1 aromatic rings. The number of carboxylic acids is 2. The molecule has 1 rings (SSSR count). The van der Waals surface area contributed by atoms with Crippen molar-refractivity contribution in [2.24, 2.45) is 0 Å². The maximum absolute atomic E-state index is 11.3. The van der Waals surface area contributed by atoms with Gasteiger partial charge in [-0.15, -0.1) is 0 Å². The minimum absolute atomic E-state index is 0.0522. The molecule has 0 aromatic heterocycles. The Labute approximate surface area is 123 Å². The Morgan fingerprint density at radius 2 is 1.81 bits per heavy atom. The zero-order valence-electron chi connectivity index (χ0n) is 11.2. The van der Waals surface area contributed by atoms with Crippen LogP contribution in [0.25, 0.3) is 0 Å². The molecule has 0 aliphatic carbocycles. The second-order valence-corrected chi connectivity index (χ2v) is 7.07. The highest BCUT2D eigenvalue weighted by molar-refractivity contribution is 7.85. The summed E-state index contributed by atoms with van der Waals surface area (Å²) >= 11 is 0. The SMILES string of the molecule is CCCCPc1cc(S(=O)(=O)O)cc(C(=O)O)c1C(=O)O. The highest BCUT2D eigenvalue weighted by Gasteiger charge is 2.24. The van der Waals surface area contributed by atoms with E-state index in [9.17, 15) is 23.1 Å². The summed E-state index contributed by atoms with van der Waals surface area (Å²) in [6.07, 6.45) is 2.29. The van der Waals surface area contributed by atoms with Gasteiger partial charge in [-0.2, -0.15) is 8.42 Å². The molecule has 0 saturated carbocycles. The minimum Gasteiger partial charge on any atom is -0.478 e. The lowest BCUT2D eigenvalue weighted by molar-refractivity contribution is 0.0652. The molecule has 0 spiro atoms. The lowest BCUT2D eigenvalue weighted by atomic mass is 10.1. The van der Waals surface area contributed by atoms with Crippen LogP contribution in [0.3, 0.4) is 0 Å². The molecule has 1 atom stereocenters. The monoisotopic (exact) mass is 334 g/mol. The van der Waals surface area contributed by atoms with E-state index in [1.54, 1.807) is 0 Å². The first-order valence-electron chi connectivity index (χ1n) is 6.04. The Kier molecular flexibility index (Phi) is 5.83. The molecule has 0 bridgehead atoms. The van der Waals surface area contributed by atoms with Crippen molar-refractivity contribution in [2.75, 3.05) is 6.16 Å². The van der Waals surface area contributed by atoms with Crippen molar-refractivity contribution in [3.05, 3.63) is 23.3 Å². The molecule has 0 saturated heterocycles. The van der Waals surface area contributed by atoms with Crippen LogP contribution in [0.1, 0.15) is 40.5 Å². The average molecular weight is 334 g/mol. The van der Waals surface area contributed by atoms with Crippen LogP contribution in [-0.4, -0.2) is 41.3 Å². The van der Waals surface area contributed by atoms with Gasteiger partial charge in [0, 0.05) is 0 Å². The Hall–Kier alpha value is -1.50. The summed E-state index contributed by atoms with van der Waals surface area (Å²) in [6, 6.07) is 1.69. The molecule has 21 heavy (non-hydrogen) atoms. The quantitative estimate of drug-likeness (QED) is 0.391. The highest BCUT2D eigenvalue weighted by atomic mass is 32.2. The third-order valence-electron chi connectivity index (χ3n) is 2.70. The molecule has 1 unspecified atom stereocenters. The fourth-order valence-corrected chi connectivity index (χ4v) is 3.82. The number of unbranched alkanes of at least 4 members (excludes halogenated alkanes) is 1. The maximum atomic E-state index is 11.3. The van der Waals surface area contributed by atoms with Crippen molar-refractivity contribution in [1.82, 2.24) is 0 Å². The van der Waals surface area contributed by atoms with Crippen molar-refractivity contribution in [3.63, 3.8) is 0 Å². The first-order valence-corrected chi connectivity index (χ1v) is 8.69. The summed E-state index contributed by atoms with van der Waals surface area (Å²) in [5.41, 5.74) is -1.07. The van der Waals surface area contributed by atoms with E-state index in [2.05, 4.69) is 0 Å². The van der Waals surface area contributed by atoms with Crippen molar-refractivity contribution in [2.45, 2.75) is 24.7 Å². The summed E-state index contributed by atoms with van der Waals surface area (Å²) in [5, 5.41) is 18.4. The van der Waals surface area contributed by atoms with Crippen molar-refractivity contribution < 1.29 is 32.8 Å². The summed E-state index contributed by atoms with van der Waals surface area (Å²) in [6.45, 7) is 1.94. The van der Waals surface area contributed by atoms with Gasteiger partial charge in [-0.25, -0.2) is 9.59 Å². The molecular formula is C12H15O7PS. The van der Waals surface area contributed by atoms with Gasteiger partial charge in [0.25, 0.3) is 10.1 Å². The van der Waals surface area contributed by atoms with E-state index < -0.39 is 38.1 Å². The largest absolute Gasteiger partial charge is 0.478 e. The van der Waals surface area contributed by atoms with Crippen LogP contribution in [0.2, 0.25) is 0 Å².